The number of ether oxygens (including phenoxy) is 1. The third-order valence-corrected chi connectivity index (χ3v) is 3.33. The molecule has 0 spiro atoms. The first kappa shape index (κ1) is 22.6. The number of halogens is 3. The van der Waals surface area contributed by atoms with Crippen molar-refractivity contribution in [3.8, 4) is 5.75 Å². The van der Waals surface area contributed by atoms with Gasteiger partial charge in [-0.15, -0.1) is 0 Å². The molecule has 0 radical (unpaired) electrons. The van der Waals surface area contributed by atoms with E-state index in [4.69, 9.17) is 0 Å². The minimum Gasteiger partial charge on any atom is -0.484 e. The smallest absolute Gasteiger partial charge is 0.422 e. The topological polar surface area (TPSA) is 74.8 Å². The van der Waals surface area contributed by atoms with Crippen LogP contribution < -0.4 is 20.7 Å². The van der Waals surface area contributed by atoms with Crippen molar-refractivity contribution in [3.05, 3.63) is 29.8 Å². The third kappa shape index (κ3) is 10.3. The molecule has 0 unspecified atom stereocenters. The lowest BCUT2D eigenvalue weighted by atomic mass is 10.2. The van der Waals surface area contributed by atoms with Gasteiger partial charge in [-0.3, -0.25) is 4.79 Å². The summed E-state index contributed by atoms with van der Waals surface area (Å²) in [5, 5.41) is 9.00. The number of guanidine groups is 1. The van der Waals surface area contributed by atoms with E-state index in [-0.39, 0.29) is 17.6 Å². The fraction of sp³-hybridized carbons (Fsp3) is 0.556. The monoisotopic (exact) mass is 388 g/mol. The lowest BCUT2D eigenvalue weighted by Gasteiger charge is -2.13. The zero-order valence-corrected chi connectivity index (χ0v) is 15.8. The van der Waals surface area contributed by atoms with E-state index in [1.54, 1.807) is 12.1 Å². The molecule has 0 aliphatic carbocycles. The number of carbonyl (C=O) groups excluding carboxylic acids is 1. The van der Waals surface area contributed by atoms with E-state index in [1.807, 2.05) is 20.8 Å². The molecule has 0 saturated carbocycles. The normalized spacial score (nSPS) is 12.0. The number of hydrogen-bond donors (Lipinski definition) is 3. The Balaban J connectivity index is 2.48. The van der Waals surface area contributed by atoms with E-state index < -0.39 is 12.8 Å². The average molecular weight is 388 g/mol. The predicted octanol–water partition coefficient (Wildman–Crippen LogP) is 2.46. The van der Waals surface area contributed by atoms with Crippen LogP contribution in [-0.2, 0) is 11.3 Å². The molecule has 152 valence electrons. The Morgan fingerprint density at radius 1 is 1.11 bits per heavy atom. The Bertz CT molecular complexity index is 602. The largest absolute Gasteiger partial charge is 0.484 e. The Hall–Kier alpha value is -2.45. The first-order valence-electron chi connectivity index (χ1n) is 8.79. The standard InChI is InChI=1S/C18H27F3N4O2/c1-4-22-17(24-10-9-23-16(26)13(2)3)25-11-14-5-7-15(8-6-14)27-12-18(19,20)21/h5-8,13H,4,9-12H2,1-3H3,(H,23,26)(H2,22,24,25). The van der Waals surface area contributed by atoms with Crippen LogP contribution in [0.4, 0.5) is 13.2 Å². The summed E-state index contributed by atoms with van der Waals surface area (Å²) in [7, 11) is 0. The van der Waals surface area contributed by atoms with Gasteiger partial charge in [-0.25, -0.2) is 4.99 Å². The summed E-state index contributed by atoms with van der Waals surface area (Å²) < 4.78 is 41.1. The molecule has 6 nitrogen and oxygen atoms in total. The highest BCUT2D eigenvalue weighted by molar-refractivity contribution is 5.80. The van der Waals surface area contributed by atoms with Crippen molar-refractivity contribution in [1.29, 1.82) is 0 Å². The number of nitrogens with zero attached hydrogens (tertiary/aromatic N) is 1. The van der Waals surface area contributed by atoms with Crippen molar-refractivity contribution >= 4 is 11.9 Å². The molecule has 1 aromatic rings. The van der Waals surface area contributed by atoms with E-state index in [2.05, 4.69) is 25.7 Å². The van der Waals surface area contributed by atoms with Crippen LogP contribution in [0.2, 0.25) is 0 Å². The third-order valence-electron chi connectivity index (χ3n) is 3.33. The number of aliphatic imine (C=N–C) groups is 1. The molecule has 1 aromatic carbocycles. The van der Waals surface area contributed by atoms with Crippen LogP contribution >= 0.6 is 0 Å². The molecular weight excluding hydrogens is 361 g/mol. The average Bonchev–Trinajstić information content (AvgIpc) is 2.61. The molecule has 0 fully saturated rings. The van der Waals surface area contributed by atoms with E-state index in [0.29, 0.717) is 32.1 Å². The van der Waals surface area contributed by atoms with E-state index in [0.717, 1.165) is 5.56 Å². The molecule has 0 heterocycles. The lowest BCUT2D eigenvalue weighted by Crippen LogP contribution is -2.42. The van der Waals surface area contributed by atoms with Crippen LogP contribution in [0.25, 0.3) is 0 Å². The van der Waals surface area contributed by atoms with Crippen molar-refractivity contribution in [2.45, 2.75) is 33.5 Å². The first-order valence-corrected chi connectivity index (χ1v) is 8.79. The summed E-state index contributed by atoms with van der Waals surface area (Å²) in [5.41, 5.74) is 0.833. The zero-order valence-electron chi connectivity index (χ0n) is 15.8. The van der Waals surface area contributed by atoms with Crippen molar-refractivity contribution < 1.29 is 22.7 Å². The van der Waals surface area contributed by atoms with Gasteiger partial charge in [0.25, 0.3) is 0 Å². The van der Waals surface area contributed by atoms with E-state index in [9.17, 15) is 18.0 Å². The minimum absolute atomic E-state index is 0.00780. The summed E-state index contributed by atoms with van der Waals surface area (Å²) in [5.74, 6) is 0.682. The number of alkyl halides is 3. The fourth-order valence-electron chi connectivity index (χ4n) is 1.94. The number of nitrogens with one attached hydrogen (secondary N) is 3. The first-order chi connectivity index (χ1) is 12.7. The van der Waals surface area contributed by atoms with E-state index in [1.165, 1.54) is 12.1 Å². The van der Waals surface area contributed by atoms with Gasteiger partial charge in [0.2, 0.25) is 5.91 Å². The highest BCUT2D eigenvalue weighted by Gasteiger charge is 2.28. The highest BCUT2D eigenvalue weighted by atomic mass is 19.4. The molecule has 0 aromatic heterocycles. The molecule has 27 heavy (non-hydrogen) atoms. The second-order valence-corrected chi connectivity index (χ2v) is 6.12. The molecule has 9 heteroatoms. The Morgan fingerprint density at radius 3 is 2.30 bits per heavy atom. The Kier molecular flexibility index (Phi) is 9.46. The lowest BCUT2D eigenvalue weighted by molar-refractivity contribution is -0.153. The zero-order chi connectivity index (χ0) is 20.3. The van der Waals surface area contributed by atoms with Crippen LogP contribution in [-0.4, -0.2) is 44.3 Å². The van der Waals surface area contributed by atoms with Crippen molar-refractivity contribution in [1.82, 2.24) is 16.0 Å². The van der Waals surface area contributed by atoms with E-state index >= 15 is 0 Å². The summed E-state index contributed by atoms with van der Waals surface area (Å²) in [4.78, 5) is 15.9. The second kappa shape index (κ2) is 11.3. The maximum Gasteiger partial charge on any atom is 0.422 e. The van der Waals surface area contributed by atoms with Gasteiger partial charge in [0.1, 0.15) is 5.75 Å². The number of benzene rings is 1. The summed E-state index contributed by atoms with van der Waals surface area (Å²) in [6, 6.07) is 6.31. The Morgan fingerprint density at radius 2 is 1.74 bits per heavy atom. The maximum atomic E-state index is 12.1. The van der Waals surface area contributed by atoms with Crippen LogP contribution in [0.5, 0.6) is 5.75 Å². The Labute approximate surface area is 157 Å². The molecule has 1 amide bonds. The van der Waals surface area contributed by atoms with Gasteiger partial charge >= 0.3 is 6.18 Å². The van der Waals surface area contributed by atoms with Crippen LogP contribution in [0.3, 0.4) is 0 Å². The summed E-state index contributed by atoms with van der Waals surface area (Å²) in [6.45, 7) is 6.31. The SMILES string of the molecule is CCNC(=NCc1ccc(OCC(F)(F)F)cc1)NCCNC(=O)C(C)C. The van der Waals surface area contributed by atoms with Crippen molar-refractivity contribution in [2.24, 2.45) is 10.9 Å². The molecule has 1 rings (SSSR count). The fourth-order valence-corrected chi connectivity index (χ4v) is 1.94. The number of carbonyl (C=O) groups is 1. The molecule has 0 aliphatic rings. The van der Waals surface area contributed by atoms with Gasteiger partial charge in [-0.05, 0) is 24.6 Å². The maximum absolute atomic E-state index is 12.1. The second-order valence-electron chi connectivity index (χ2n) is 6.12. The van der Waals surface area contributed by atoms with Crippen LogP contribution in [0.1, 0.15) is 26.3 Å². The molecule has 0 bridgehead atoms. The summed E-state index contributed by atoms with van der Waals surface area (Å²) >= 11 is 0. The van der Waals surface area contributed by atoms with Crippen LogP contribution in [0, 0.1) is 5.92 Å². The molecular formula is C18H27F3N4O2. The quantitative estimate of drug-likeness (QED) is 0.345. The van der Waals surface area contributed by atoms with Gasteiger partial charge < -0.3 is 20.7 Å². The molecule has 0 atom stereocenters. The summed E-state index contributed by atoms with van der Waals surface area (Å²) in [6.07, 6.45) is -4.36. The predicted molar refractivity (Wildman–Crippen MR) is 98.7 cm³/mol. The highest BCUT2D eigenvalue weighted by Crippen LogP contribution is 2.19. The van der Waals surface area contributed by atoms with Crippen LogP contribution in [0.15, 0.2) is 29.3 Å². The van der Waals surface area contributed by atoms with Crippen molar-refractivity contribution in [3.63, 3.8) is 0 Å². The molecule has 0 aliphatic heterocycles. The van der Waals surface area contributed by atoms with Gasteiger partial charge in [-0.1, -0.05) is 26.0 Å². The molecule has 0 saturated heterocycles. The van der Waals surface area contributed by atoms with Gasteiger partial charge in [0.15, 0.2) is 12.6 Å². The van der Waals surface area contributed by atoms with Crippen molar-refractivity contribution in [2.75, 3.05) is 26.2 Å². The number of hydrogen-bond acceptors (Lipinski definition) is 3. The minimum atomic E-state index is -4.36. The number of amides is 1. The molecule has 3 N–H and O–H groups in total. The van der Waals surface area contributed by atoms with Gasteiger partial charge in [0.05, 0.1) is 6.54 Å². The van der Waals surface area contributed by atoms with Gasteiger partial charge in [0, 0.05) is 25.6 Å². The van der Waals surface area contributed by atoms with Gasteiger partial charge in [-0.2, -0.15) is 13.2 Å². The number of rotatable bonds is 9.